The van der Waals surface area contributed by atoms with Crippen LogP contribution in [-0.4, -0.2) is 24.9 Å². The first-order valence-corrected chi connectivity index (χ1v) is 6.16. The van der Waals surface area contributed by atoms with Gasteiger partial charge in [-0.3, -0.25) is 4.55 Å². The molecule has 0 aromatic heterocycles. The molecule has 0 saturated carbocycles. The molecule has 1 aromatic rings. The molecule has 0 aliphatic carbocycles. The second-order valence-electron chi connectivity index (χ2n) is 3.43. The molecule has 1 aromatic carbocycles. The first-order chi connectivity index (χ1) is 8.20. The van der Waals surface area contributed by atoms with Crippen LogP contribution >= 0.6 is 0 Å². The van der Waals surface area contributed by atoms with Crippen molar-refractivity contribution in [3.8, 4) is 0 Å². The molecule has 8 nitrogen and oxygen atoms in total. The molecule has 0 spiro atoms. The van der Waals surface area contributed by atoms with Crippen LogP contribution in [-0.2, 0) is 10.1 Å². The third-order valence-electron chi connectivity index (χ3n) is 1.92. The van der Waals surface area contributed by atoms with Crippen LogP contribution in [0.4, 0.5) is 5.69 Å². The lowest BCUT2D eigenvalue weighted by atomic mass is 10.2. The largest absolute Gasteiger partial charge is 0.370 e. The van der Waals surface area contributed by atoms with Crippen molar-refractivity contribution in [1.29, 1.82) is 0 Å². The Kier molecular flexibility index (Phi) is 3.89. The van der Waals surface area contributed by atoms with Crippen molar-refractivity contribution in [2.24, 2.45) is 27.2 Å². The van der Waals surface area contributed by atoms with Crippen molar-refractivity contribution in [1.82, 2.24) is 0 Å². The topological polar surface area (TPSA) is 157 Å². The summed E-state index contributed by atoms with van der Waals surface area (Å²) < 4.78 is 30.9. The number of rotatable bonds is 2. The van der Waals surface area contributed by atoms with Gasteiger partial charge in [0.2, 0.25) is 5.96 Å². The third kappa shape index (κ3) is 3.71. The molecule has 0 heterocycles. The van der Waals surface area contributed by atoms with Crippen LogP contribution in [0, 0.1) is 6.92 Å². The van der Waals surface area contributed by atoms with E-state index >= 15 is 0 Å². The van der Waals surface area contributed by atoms with Gasteiger partial charge >= 0.3 is 0 Å². The minimum atomic E-state index is -4.24. The van der Waals surface area contributed by atoms with Crippen molar-refractivity contribution < 1.29 is 13.0 Å². The minimum Gasteiger partial charge on any atom is -0.370 e. The van der Waals surface area contributed by atoms with E-state index in [1.54, 1.807) is 0 Å². The second kappa shape index (κ2) is 5.02. The Labute approximate surface area is 104 Å². The highest BCUT2D eigenvalue weighted by Gasteiger charge is 2.12. The van der Waals surface area contributed by atoms with E-state index in [2.05, 4.69) is 9.98 Å². The smallest absolute Gasteiger partial charge is 0.294 e. The second-order valence-corrected chi connectivity index (χ2v) is 4.82. The zero-order valence-corrected chi connectivity index (χ0v) is 10.3. The van der Waals surface area contributed by atoms with Crippen molar-refractivity contribution in [2.75, 3.05) is 0 Å². The molecule has 9 heteroatoms. The van der Waals surface area contributed by atoms with Crippen LogP contribution in [0.2, 0.25) is 0 Å². The Morgan fingerprint density at radius 1 is 1.28 bits per heavy atom. The zero-order chi connectivity index (χ0) is 13.9. The number of guanidine groups is 2. The number of nitrogens with two attached hydrogens (primary N) is 3. The maximum Gasteiger partial charge on any atom is 0.294 e. The van der Waals surface area contributed by atoms with Crippen LogP contribution in [0.25, 0.3) is 0 Å². The van der Waals surface area contributed by atoms with Gasteiger partial charge in [0.15, 0.2) is 5.96 Å². The van der Waals surface area contributed by atoms with Gasteiger partial charge in [-0.15, -0.1) is 0 Å². The fraction of sp³-hybridized carbons (Fsp3) is 0.111. The molecule has 0 fully saturated rings. The van der Waals surface area contributed by atoms with Gasteiger partial charge in [-0.25, -0.2) is 4.99 Å². The average Bonchev–Trinajstić information content (AvgIpc) is 2.13. The summed E-state index contributed by atoms with van der Waals surface area (Å²) in [4.78, 5) is 7.17. The molecular weight excluding hydrogens is 258 g/mol. The number of nitrogens with zero attached hydrogens (tertiary/aromatic N) is 2. The van der Waals surface area contributed by atoms with E-state index in [9.17, 15) is 8.42 Å². The predicted molar refractivity (Wildman–Crippen MR) is 68.1 cm³/mol. The molecule has 0 unspecified atom stereocenters. The van der Waals surface area contributed by atoms with Gasteiger partial charge in [-0.2, -0.15) is 13.4 Å². The summed E-state index contributed by atoms with van der Waals surface area (Å²) in [6, 6.07) is 4.01. The molecule has 0 radical (unpaired) electrons. The summed E-state index contributed by atoms with van der Waals surface area (Å²) >= 11 is 0. The highest BCUT2D eigenvalue weighted by molar-refractivity contribution is 7.85. The van der Waals surface area contributed by atoms with Crippen molar-refractivity contribution in [3.63, 3.8) is 0 Å². The van der Waals surface area contributed by atoms with Crippen molar-refractivity contribution in [3.05, 3.63) is 23.8 Å². The Morgan fingerprint density at radius 2 is 1.89 bits per heavy atom. The molecular formula is C9H13N5O3S. The van der Waals surface area contributed by atoms with Crippen LogP contribution in [0.3, 0.4) is 0 Å². The van der Waals surface area contributed by atoms with Gasteiger partial charge in [-0.05, 0) is 30.7 Å². The fourth-order valence-corrected chi connectivity index (χ4v) is 1.99. The number of hydrogen-bond acceptors (Lipinski definition) is 3. The van der Waals surface area contributed by atoms with Gasteiger partial charge in [-0.1, -0.05) is 0 Å². The van der Waals surface area contributed by atoms with E-state index in [-0.39, 0.29) is 16.8 Å². The first kappa shape index (κ1) is 13.9. The van der Waals surface area contributed by atoms with Gasteiger partial charge in [0.1, 0.15) is 0 Å². The van der Waals surface area contributed by atoms with Crippen LogP contribution in [0.15, 0.2) is 33.1 Å². The predicted octanol–water partition coefficient (Wildman–Crippen LogP) is -0.539. The molecule has 18 heavy (non-hydrogen) atoms. The Balaban J connectivity index is 3.18. The Morgan fingerprint density at radius 3 is 2.33 bits per heavy atom. The van der Waals surface area contributed by atoms with Gasteiger partial charge < -0.3 is 17.2 Å². The van der Waals surface area contributed by atoms with Crippen LogP contribution in [0.1, 0.15) is 5.56 Å². The molecule has 7 N–H and O–H groups in total. The average molecular weight is 271 g/mol. The molecule has 0 saturated heterocycles. The van der Waals surface area contributed by atoms with Crippen LogP contribution < -0.4 is 17.2 Å². The normalized spacial score (nSPS) is 12.2. The highest BCUT2D eigenvalue weighted by atomic mass is 32.2. The lowest BCUT2D eigenvalue weighted by Crippen LogP contribution is -2.26. The lowest BCUT2D eigenvalue weighted by Gasteiger charge is -2.03. The zero-order valence-electron chi connectivity index (χ0n) is 9.53. The first-order valence-electron chi connectivity index (χ1n) is 4.72. The van der Waals surface area contributed by atoms with E-state index in [1.165, 1.54) is 25.1 Å². The summed E-state index contributed by atoms with van der Waals surface area (Å²) in [5, 5.41) is 0. The summed E-state index contributed by atoms with van der Waals surface area (Å²) in [7, 11) is -4.24. The van der Waals surface area contributed by atoms with E-state index in [1.807, 2.05) is 0 Å². The third-order valence-corrected chi connectivity index (χ3v) is 2.94. The van der Waals surface area contributed by atoms with Gasteiger partial charge in [0, 0.05) is 0 Å². The van der Waals surface area contributed by atoms with Crippen LogP contribution in [0.5, 0.6) is 0 Å². The van der Waals surface area contributed by atoms with Crippen molar-refractivity contribution >= 4 is 27.7 Å². The van der Waals surface area contributed by atoms with E-state index in [4.69, 9.17) is 21.8 Å². The van der Waals surface area contributed by atoms with E-state index < -0.39 is 10.1 Å². The summed E-state index contributed by atoms with van der Waals surface area (Å²) in [5.41, 5.74) is 16.3. The monoisotopic (exact) mass is 271 g/mol. The van der Waals surface area contributed by atoms with E-state index in [0.717, 1.165) is 0 Å². The Hall–Kier alpha value is -2.13. The molecule has 0 aliphatic rings. The Bertz CT molecular complexity index is 617. The highest BCUT2D eigenvalue weighted by Crippen LogP contribution is 2.21. The SMILES string of the molecule is Cc1cc(N=C(N)N=C(N)N)ccc1S(=O)(=O)O. The maximum absolute atomic E-state index is 11.0. The molecule has 0 amide bonds. The van der Waals surface area contributed by atoms with Crippen molar-refractivity contribution in [2.45, 2.75) is 11.8 Å². The van der Waals surface area contributed by atoms with Gasteiger partial charge in [0.05, 0.1) is 10.6 Å². The minimum absolute atomic E-state index is 0.158. The maximum atomic E-state index is 11.0. The lowest BCUT2D eigenvalue weighted by molar-refractivity contribution is 0.482. The fourth-order valence-electron chi connectivity index (χ4n) is 1.28. The van der Waals surface area contributed by atoms with Gasteiger partial charge in [0.25, 0.3) is 10.1 Å². The quantitative estimate of drug-likeness (QED) is 0.321. The summed E-state index contributed by atoms with van der Waals surface area (Å²) in [5.74, 6) is -0.392. The van der Waals surface area contributed by atoms with E-state index in [0.29, 0.717) is 11.3 Å². The molecule has 0 atom stereocenters. The standard InChI is InChI=1S/C9H13N5O3S/c1-5-4-6(13-9(12)14-8(10)11)2-3-7(5)18(15,16)17/h2-4H,1H3,(H,15,16,17)(H6,10,11,12,13,14). The number of benzene rings is 1. The summed E-state index contributed by atoms with van der Waals surface area (Å²) in [6.07, 6.45) is 0. The number of aryl methyl sites for hydroxylation is 1. The molecule has 0 bridgehead atoms. The summed E-state index contributed by atoms with van der Waals surface area (Å²) in [6.45, 7) is 1.51. The molecule has 1 rings (SSSR count). The molecule has 0 aliphatic heterocycles. The number of hydrogen-bond donors (Lipinski definition) is 4. The number of aliphatic imine (C=N–C) groups is 2. The molecule has 98 valence electrons.